The summed E-state index contributed by atoms with van der Waals surface area (Å²) in [5.74, 6) is -1.000. The fourth-order valence-corrected chi connectivity index (χ4v) is 1.67. The molecule has 0 heterocycles. The number of carboxylic acids is 1. The molecule has 1 atom stereocenters. The molecule has 1 aromatic rings. The molecule has 0 aliphatic heterocycles. The van der Waals surface area contributed by atoms with E-state index in [1.807, 2.05) is 44.2 Å². The van der Waals surface area contributed by atoms with Crippen LogP contribution in [0.5, 0.6) is 0 Å². The van der Waals surface area contributed by atoms with E-state index in [1.165, 1.54) is 0 Å². The van der Waals surface area contributed by atoms with Crippen molar-refractivity contribution in [3.05, 3.63) is 35.9 Å². The second-order valence-electron chi connectivity index (χ2n) is 4.75. The normalized spacial score (nSPS) is 12.2. The quantitative estimate of drug-likeness (QED) is 0.808. The van der Waals surface area contributed by atoms with Crippen molar-refractivity contribution in [3.63, 3.8) is 0 Å². The molecule has 18 heavy (non-hydrogen) atoms. The van der Waals surface area contributed by atoms with Gasteiger partial charge in [-0.25, -0.2) is 4.79 Å². The van der Waals surface area contributed by atoms with Crippen molar-refractivity contribution in [1.29, 1.82) is 0 Å². The van der Waals surface area contributed by atoms with Gasteiger partial charge < -0.3 is 10.4 Å². The maximum absolute atomic E-state index is 11.6. The first-order valence-electron chi connectivity index (χ1n) is 6.05. The lowest BCUT2D eigenvalue weighted by Gasteiger charge is -2.15. The SMILES string of the molecule is CC(C)CC(=O)N[C@H](Cc1ccccc1)C(=O)O. The monoisotopic (exact) mass is 249 g/mol. The molecule has 0 aliphatic carbocycles. The zero-order valence-corrected chi connectivity index (χ0v) is 10.7. The Hall–Kier alpha value is -1.84. The number of carbonyl (C=O) groups is 2. The summed E-state index contributed by atoms with van der Waals surface area (Å²) in [4.78, 5) is 22.7. The Morgan fingerprint density at radius 1 is 1.22 bits per heavy atom. The zero-order valence-electron chi connectivity index (χ0n) is 10.7. The summed E-state index contributed by atoms with van der Waals surface area (Å²) >= 11 is 0. The van der Waals surface area contributed by atoms with E-state index >= 15 is 0 Å². The Labute approximate surface area is 107 Å². The van der Waals surface area contributed by atoms with Crippen molar-refractivity contribution in [3.8, 4) is 0 Å². The van der Waals surface area contributed by atoms with Crippen LogP contribution in [0.1, 0.15) is 25.8 Å². The van der Waals surface area contributed by atoms with Gasteiger partial charge in [0.05, 0.1) is 0 Å². The number of hydrogen-bond acceptors (Lipinski definition) is 2. The average molecular weight is 249 g/mol. The van der Waals surface area contributed by atoms with Crippen molar-refractivity contribution >= 4 is 11.9 Å². The van der Waals surface area contributed by atoms with Gasteiger partial charge in [-0.05, 0) is 11.5 Å². The standard InChI is InChI=1S/C14H19NO3/c1-10(2)8-13(16)15-12(14(17)18)9-11-6-4-3-5-7-11/h3-7,10,12H,8-9H2,1-2H3,(H,15,16)(H,17,18)/t12-/m1/s1. The number of amides is 1. The van der Waals surface area contributed by atoms with Gasteiger partial charge in [0.2, 0.25) is 5.91 Å². The molecule has 0 spiro atoms. The van der Waals surface area contributed by atoms with E-state index < -0.39 is 12.0 Å². The molecule has 0 radical (unpaired) electrons. The Morgan fingerprint density at radius 2 is 1.83 bits per heavy atom. The van der Waals surface area contributed by atoms with E-state index in [1.54, 1.807) is 0 Å². The third-order valence-electron chi connectivity index (χ3n) is 2.51. The first-order chi connectivity index (χ1) is 8.49. The molecule has 4 heteroatoms. The first-order valence-corrected chi connectivity index (χ1v) is 6.05. The molecular weight excluding hydrogens is 230 g/mol. The fraction of sp³-hybridized carbons (Fsp3) is 0.429. The van der Waals surface area contributed by atoms with Crippen LogP contribution in [0.2, 0.25) is 0 Å². The van der Waals surface area contributed by atoms with Crippen molar-refractivity contribution in [2.75, 3.05) is 0 Å². The van der Waals surface area contributed by atoms with Gasteiger partial charge in [-0.3, -0.25) is 4.79 Å². The van der Waals surface area contributed by atoms with Gasteiger partial charge >= 0.3 is 5.97 Å². The average Bonchev–Trinajstić information content (AvgIpc) is 2.28. The van der Waals surface area contributed by atoms with E-state index in [0.29, 0.717) is 12.8 Å². The molecule has 1 aromatic carbocycles. The lowest BCUT2D eigenvalue weighted by Crippen LogP contribution is -2.42. The lowest BCUT2D eigenvalue weighted by atomic mass is 10.1. The predicted molar refractivity (Wildman–Crippen MR) is 69.2 cm³/mol. The molecule has 0 aromatic heterocycles. The van der Waals surface area contributed by atoms with E-state index in [9.17, 15) is 9.59 Å². The summed E-state index contributed by atoms with van der Waals surface area (Å²) < 4.78 is 0. The van der Waals surface area contributed by atoms with Crippen molar-refractivity contribution in [1.82, 2.24) is 5.32 Å². The molecule has 0 saturated carbocycles. The lowest BCUT2D eigenvalue weighted by molar-refractivity contribution is -0.141. The molecule has 98 valence electrons. The van der Waals surface area contributed by atoms with Crippen LogP contribution in [0.15, 0.2) is 30.3 Å². The van der Waals surface area contributed by atoms with Gasteiger partial charge in [0, 0.05) is 12.8 Å². The number of carboxylic acid groups (broad SMARTS) is 1. The van der Waals surface area contributed by atoms with Gasteiger partial charge in [0.25, 0.3) is 0 Å². The highest BCUT2D eigenvalue weighted by atomic mass is 16.4. The summed E-state index contributed by atoms with van der Waals surface area (Å²) in [5.41, 5.74) is 0.898. The van der Waals surface area contributed by atoms with Crippen molar-refractivity contribution < 1.29 is 14.7 Å². The molecule has 0 bridgehead atoms. The third kappa shape index (κ3) is 4.99. The number of rotatable bonds is 6. The molecule has 0 fully saturated rings. The van der Waals surface area contributed by atoms with Crippen LogP contribution in [0, 0.1) is 5.92 Å². The van der Waals surface area contributed by atoms with E-state index in [-0.39, 0.29) is 11.8 Å². The molecule has 0 unspecified atom stereocenters. The van der Waals surface area contributed by atoms with Crippen LogP contribution in [0.4, 0.5) is 0 Å². The van der Waals surface area contributed by atoms with Crippen molar-refractivity contribution in [2.45, 2.75) is 32.7 Å². The molecule has 4 nitrogen and oxygen atoms in total. The second kappa shape index (κ2) is 6.79. The number of carbonyl (C=O) groups excluding carboxylic acids is 1. The molecule has 2 N–H and O–H groups in total. The summed E-state index contributed by atoms with van der Waals surface area (Å²) in [7, 11) is 0. The van der Waals surface area contributed by atoms with E-state index in [4.69, 9.17) is 5.11 Å². The fourth-order valence-electron chi connectivity index (χ4n) is 1.67. The second-order valence-corrected chi connectivity index (χ2v) is 4.75. The Balaban J connectivity index is 2.61. The summed E-state index contributed by atoms with van der Waals surface area (Å²) in [5, 5.41) is 11.7. The van der Waals surface area contributed by atoms with Crippen LogP contribution >= 0.6 is 0 Å². The van der Waals surface area contributed by atoms with Crippen molar-refractivity contribution in [2.24, 2.45) is 5.92 Å². The number of aliphatic carboxylic acids is 1. The molecular formula is C14H19NO3. The van der Waals surface area contributed by atoms with Gasteiger partial charge in [-0.2, -0.15) is 0 Å². The topological polar surface area (TPSA) is 66.4 Å². The minimum absolute atomic E-state index is 0.215. The number of benzene rings is 1. The maximum Gasteiger partial charge on any atom is 0.326 e. The predicted octanol–water partition coefficient (Wildman–Crippen LogP) is 1.84. The summed E-state index contributed by atoms with van der Waals surface area (Å²) in [6, 6.07) is 8.42. The minimum atomic E-state index is -1.00. The first kappa shape index (κ1) is 14.2. The van der Waals surface area contributed by atoms with E-state index in [2.05, 4.69) is 5.32 Å². The largest absolute Gasteiger partial charge is 0.480 e. The molecule has 1 rings (SSSR count). The highest BCUT2D eigenvalue weighted by Crippen LogP contribution is 2.05. The molecule has 0 aliphatic rings. The number of hydrogen-bond donors (Lipinski definition) is 2. The smallest absolute Gasteiger partial charge is 0.326 e. The molecule has 0 saturated heterocycles. The van der Waals surface area contributed by atoms with Crippen LogP contribution in [0.3, 0.4) is 0 Å². The zero-order chi connectivity index (χ0) is 13.5. The maximum atomic E-state index is 11.6. The highest BCUT2D eigenvalue weighted by molar-refractivity contribution is 5.83. The number of nitrogens with one attached hydrogen (secondary N) is 1. The Kier molecular flexibility index (Phi) is 5.36. The van der Waals surface area contributed by atoms with Crippen LogP contribution in [0.25, 0.3) is 0 Å². The third-order valence-corrected chi connectivity index (χ3v) is 2.51. The summed E-state index contributed by atoms with van der Waals surface area (Å²) in [6.07, 6.45) is 0.651. The Bertz CT molecular complexity index is 401. The summed E-state index contributed by atoms with van der Waals surface area (Å²) in [6.45, 7) is 3.85. The van der Waals surface area contributed by atoms with Gasteiger partial charge in [0.15, 0.2) is 0 Å². The highest BCUT2D eigenvalue weighted by Gasteiger charge is 2.20. The van der Waals surface area contributed by atoms with Crippen LogP contribution in [-0.2, 0) is 16.0 Å². The minimum Gasteiger partial charge on any atom is -0.480 e. The Morgan fingerprint density at radius 3 is 2.33 bits per heavy atom. The van der Waals surface area contributed by atoms with E-state index in [0.717, 1.165) is 5.56 Å². The van der Waals surface area contributed by atoms with Gasteiger partial charge in [0.1, 0.15) is 6.04 Å². The molecule has 1 amide bonds. The van der Waals surface area contributed by atoms with Crippen LogP contribution < -0.4 is 5.32 Å². The van der Waals surface area contributed by atoms with Gasteiger partial charge in [-0.1, -0.05) is 44.2 Å². The van der Waals surface area contributed by atoms with Gasteiger partial charge in [-0.15, -0.1) is 0 Å². The van der Waals surface area contributed by atoms with Crippen LogP contribution in [-0.4, -0.2) is 23.0 Å².